The van der Waals surface area contributed by atoms with Crippen molar-refractivity contribution in [2.75, 3.05) is 13.2 Å². The number of carboxylic acids is 1. The molecule has 132 valence electrons. The van der Waals surface area contributed by atoms with Gasteiger partial charge in [0.15, 0.2) is 12.2 Å². The summed E-state index contributed by atoms with van der Waals surface area (Å²) in [6.45, 7) is 6.18. The van der Waals surface area contributed by atoms with Crippen LogP contribution in [0.5, 0.6) is 0 Å². The average molecular weight is 330 g/mol. The Bertz CT molecular complexity index is 440. The van der Waals surface area contributed by atoms with Gasteiger partial charge in [-0.15, -0.1) is 0 Å². The molecule has 1 aliphatic rings. The molecule has 2 amide bonds. The van der Waals surface area contributed by atoms with E-state index >= 15 is 0 Å². The Morgan fingerprint density at radius 3 is 2.30 bits per heavy atom. The van der Waals surface area contributed by atoms with Crippen LogP contribution in [0, 0.1) is 11.8 Å². The second-order valence-electron chi connectivity index (χ2n) is 6.37. The Labute approximate surface area is 135 Å². The first kappa shape index (κ1) is 19.4. The Balaban J connectivity index is 2.50. The molecule has 8 heteroatoms. The molecule has 0 aliphatic carbocycles. The lowest BCUT2D eigenvalue weighted by Gasteiger charge is -2.20. The highest BCUT2D eigenvalue weighted by Crippen LogP contribution is 2.22. The number of carboxylic acid groups (broad SMARTS) is 1. The van der Waals surface area contributed by atoms with Crippen molar-refractivity contribution >= 4 is 17.8 Å². The number of ether oxygens (including phenoxy) is 1. The van der Waals surface area contributed by atoms with Crippen LogP contribution in [0.4, 0.5) is 0 Å². The molecule has 4 atom stereocenters. The lowest BCUT2D eigenvalue weighted by atomic mass is 10.0. The van der Waals surface area contributed by atoms with E-state index in [1.54, 1.807) is 0 Å². The number of carbonyl (C=O) groups is 3. The first-order valence-corrected chi connectivity index (χ1v) is 7.83. The van der Waals surface area contributed by atoms with E-state index in [0.717, 1.165) is 0 Å². The van der Waals surface area contributed by atoms with Crippen molar-refractivity contribution in [2.45, 2.75) is 51.9 Å². The van der Waals surface area contributed by atoms with Crippen LogP contribution in [0.3, 0.4) is 0 Å². The topological polar surface area (TPSA) is 128 Å². The zero-order valence-corrected chi connectivity index (χ0v) is 13.7. The summed E-state index contributed by atoms with van der Waals surface area (Å²) >= 11 is 0. The fraction of sp³-hybridized carbons (Fsp3) is 0.800. The number of aliphatic hydroxyl groups excluding tert-OH is 1. The Hall–Kier alpha value is -1.67. The number of hydrogen-bond donors (Lipinski definition) is 4. The fourth-order valence-corrected chi connectivity index (χ4v) is 2.11. The molecule has 0 aromatic carbocycles. The molecule has 0 spiro atoms. The van der Waals surface area contributed by atoms with E-state index in [9.17, 15) is 14.4 Å². The van der Waals surface area contributed by atoms with E-state index < -0.39 is 30.1 Å². The smallest absolute Gasteiger partial charge is 0.336 e. The van der Waals surface area contributed by atoms with Crippen LogP contribution in [0.25, 0.3) is 0 Å². The number of nitrogens with one attached hydrogen (secondary N) is 2. The van der Waals surface area contributed by atoms with Crippen LogP contribution in [-0.2, 0) is 19.1 Å². The predicted molar refractivity (Wildman–Crippen MR) is 81.6 cm³/mol. The summed E-state index contributed by atoms with van der Waals surface area (Å²) < 4.78 is 4.78. The maximum absolute atomic E-state index is 12.2. The number of hydrogen-bond acceptors (Lipinski definition) is 5. The summed E-state index contributed by atoms with van der Waals surface area (Å²) in [5.74, 6) is -1.82. The van der Waals surface area contributed by atoms with Gasteiger partial charge in [-0.25, -0.2) is 4.79 Å². The van der Waals surface area contributed by atoms with Crippen molar-refractivity contribution in [1.29, 1.82) is 0 Å². The van der Waals surface area contributed by atoms with Crippen LogP contribution in [0.15, 0.2) is 0 Å². The van der Waals surface area contributed by atoms with Gasteiger partial charge in [-0.2, -0.15) is 0 Å². The molecule has 23 heavy (non-hydrogen) atoms. The van der Waals surface area contributed by atoms with Crippen LogP contribution < -0.4 is 10.6 Å². The SMILES string of the molecule is CC(C)C[C@H](NC(=O)[C@H]1O[C@@H]1C(=O)O)C(=O)NCC[C@@H](C)CO. The molecule has 8 nitrogen and oxygen atoms in total. The number of aliphatic hydroxyl groups is 1. The first-order chi connectivity index (χ1) is 10.8. The molecule has 1 aliphatic heterocycles. The summed E-state index contributed by atoms with van der Waals surface area (Å²) in [5.41, 5.74) is 0. The quantitative estimate of drug-likeness (QED) is 0.400. The van der Waals surface area contributed by atoms with E-state index in [-0.39, 0.29) is 24.3 Å². The number of aliphatic carboxylic acids is 1. The fourth-order valence-electron chi connectivity index (χ4n) is 2.11. The van der Waals surface area contributed by atoms with Gasteiger partial charge >= 0.3 is 5.97 Å². The van der Waals surface area contributed by atoms with Gasteiger partial charge in [-0.1, -0.05) is 20.8 Å². The number of amides is 2. The first-order valence-electron chi connectivity index (χ1n) is 7.83. The molecule has 4 N–H and O–H groups in total. The second-order valence-corrected chi connectivity index (χ2v) is 6.37. The third-order valence-corrected chi connectivity index (χ3v) is 3.58. The Kier molecular flexibility index (Phi) is 7.44. The van der Waals surface area contributed by atoms with Crippen molar-refractivity contribution in [1.82, 2.24) is 10.6 Å². The molecule has 1 rings (SSSR count). The van der Waals surface area contributed by atoms with Crippen LogP contribution in [0.1, 0.15) is 33.6 Å². The Morgan fingerprint density at radius 2 is 1.83 bits per heavy atom. The van der Waals surface area contributed by atoms with Gasteiger partial charge in [0.2, 0.25) is 5.91 Å². The van der Waals surface area contributed by atoms with Crippen LogP contribution >= 0.6 is 0 Å². The van der Waals surface area contributed by atoms with Crippen molar-refractivity contribution in [3.63, 3.8) is 0 Å². The summed E-state index contributed by atoms with van der Waals surface area (Å²) in [5, 5.41) is 23.0. The van der Waals surface area contributed by atoms with Crippen molar-refractivity contribution in [3.8, 4) is 0 Å². The molecule has 1 fully saturated rings. The highest BCUT2D eigenvalue weighted by Gasteiger charge is 2.51. The monoisotopic (exact) mass is 330 g/mol. The van der Waals surface area contributed by atoms with Gasteiger partial charge in [-0.05, 0) is 24.7 Å². The van der Waals surface area contributed by atoms with E-state index in [4.69, 9.17) is 14.9 Å². The van der Waals surface area contributed by atoms with Gasteiger partial charge in [0.1, 0.15) is 6.04 Å². The molecule has 0 unspecified atom stereocenters. The van der Waals surface area contributed by atoms with Crippen LogP contribution in [-0.4, -0.2) is 59.4 Å². The maximum atomic E-state index is 12.2. The molecule has 0 aromatic heterocycles. The van der Waals surface area contributed by atoms with E-state index in [0.29, 0.717) is 19.4 Å². The third-order valence-electron chi connectivity index (χ3n) is 3.58. The van der Waals surface area contributed by atoms with E-state index in [1.165, 1.54) is 0 Å². The molecule has 1 heterocycles. The molecular weight excluding hydrogens is 304 g/mol. The minimum Gasteiger partial charge on any atom is -0.479 e. The maximum Gasteiger partial charge on any atom is 0.336 e. The molecule has 0 bridgehead atoms. The zero-order valence-electron chi connectivity index (χ0n) is 13.7. The summed E-state index contributed by atoms with van der Waals surface area (Å²) in [4.78, 5) is 34.8. The lowest BCUT2D eigenvalue weighted by Crippen LogP contribution is -2.49. The normalized spacial score (nSPS) is 22.3. The van der Waals surface area contributed by atoms with Crippen molar-refractivity contribution < 1.29 is 29.3 Å². The largest absolute Gasteiger partial charge is 0.479 e. The summed E-state index contributed by atoms with van der Waals surface area (Å²) in [7, 11) is 0. The predicted octanol–water partition coefficient (Wildman–Crippen LogP) is -0.496. The third kappa shape index (κ3) is 6.54. The van der Waals surface area contributed by atoms with E-state index in [2.05, 4.69) is 10.6 Å². The Morgan fingerprint density at radius 1 is 1.17 bits per heavy atom. The van der Waals surface area contributed by atoms with E-state index in [1.807, 2.05) is 20.8 Å². The molecule has 0 radical (unpaired) electrons. The van der Waals surface area contributed by atoms with Gasteiger partial charge < -0.3 is 25.6 Å². The summed E-state index contributed by atoms with van der Waals surface area (Å²) in [6, 6.07) is -0.731. The second kappa shape index (κ2) is 8.83. The molecule has 0 aromatic rings. The lowest BCUT2D eigenvalue weighted by molar-refractivity contribution is -0.138. The van der Waals surface area contributed by atoms with Crippen molar-refractivity contribution in [2.24, 2.45) is 11.8 Å². The number of carbonyl (C=O) groups excluding carboxylic acids is 2. The van der Waals surface area contributed by atoms with Gasteiger partial charge in [0.05, 0.1) is 0 Å². The number of rotatable bonds is 10. The summed E-state index contributed by atoms with van der Waals surface area (Å²) in [6.07, 6.45) is -1.07. The molecular formula is C15H26N2O6. The van der Waals surface area contributed by atoms with Gasteiger partial charge in [0, 0.05) is 13.2 Å². The highest BCUT2D eigenvalue weighted by molar-refractivity contribution is 5.95. The minimum absolute atomic E-state index is 0.0532. The highest BCUT2D eigenvalue weighted by atomic mass is 16.6. The number of epoxide rings is 1. The standard InChI is InChI=1S/C15H26N2O6/c1-8(2)6-10(13(19)16-5-4-9(3)7-18)17-14(20)11-12(23-11)15(21)22/h8-12,18H,4-7H2,1-3H3,(H,16,19)(H,17,20)(H,21,22)/t9-,10+,11+,12+/m1/s1. The molecule has 1 saturated heterocycles. The average Bonchev–Trinajstić information content (AvgIpc) is 3.26. The minimum atomic E-state index is -1.19. The molecule has 0 saturated carbocycles. The van der Waals surface area contributed by atoms with Crippen LogP contribution in [0.2, 0.25) is 0 Å². The van der Waals surface area contributed by atoms with Crippen molar-refractivity contribution in [3.05, 3.63) is 0 Å². The van der Waals surface area contributed by atoms with Gasteiger partial charge in [0.25, 0.3) is 5.91 Å². The zero-order chi connectivity index (χ0) is 17.6. The van der Waals surface area contributed by atoms with Gasteiger partial charge in [-0.3, -0.25) is 9.59 Å².